The Bertz CT molecular complexity index is 3090. The summed E-state index contributed by atoms with van der Waals surface area (Å²) < 4.78 is 0. The zero-order valence-electron chi connectivity index (χ0n) is 46.5. The van der Waals surface area contributed by atoms with Gasteiger partial charge in [0.1, 0.15) is 75.6 Å². The second-order valence-electron chi connectivity index (χ2n) is 20.3. The first-order chi connectivity index (χ1) is 41.4. The molecular formula is C76H62O4P4Pd+4. The largest absolute Gasteiger partial charge is 2.00 e. The Balaban J connectivity index is 0.000000187. The van der Waals surface area contributed by atoms with E-state index in [1.807, 2.05) is 218 Å². The van der Waals surface area contributed by atoms with E-state index in [0.717, 1.165) is 63.7 Å². The van der Waals surface area contributed by atoms with Crippen molar-refractivity contribution in [2.24, 2.45) is 0 Å². The second-order valence-corrected chi connectivity index (χ2v) is 35.2. The zero-order valence-corrected chi connectivity index (χ0v) is 51.7. The SMILES string of the molecule is O=C([O-])C([P+](c1ccccc1)(c1ccccc1)c1ccccc1)[P+](c1ccccc1)(c1ccccc1)c1ccccc1.O=C([O-])C([P+](c1ccccc1)(c1ccccc1)c1ccccc1)[P+](c1ccccc1)(c1ccccc1)c1ccccc1.[Pd+2]. The summed E-state index contributed by atoms with van der Waals surface area (Å²) in [7, 11) is -11.8. The smallest absolute Gasteiger partial charge is 0.542 e. The molecule has 0 aliphatic rings. The second kappa shape index (κ2) is 27.8. The van der Waals surface area contributed by atoms with Gasteiger partial charge < -0.3 is 19.8 Å². The van der Waals surface area contributed by atoms with Crippen molar-refractivity contribution in [2.75, 3.05) is 0 Å². The van der Waals surface area contributed by atoms with Crippen molar-refractivity contribution in [3.63, 3.8) is 0 Å². The molecule has 0 heterocycles. The van der Waals surface area contributed by atoms with Gasteiger partial charge >= 0.3 is 20.4 Å². The summed E-state index contributed by atoms with van der Waals surface area (Å²) in [6.07, 6.45) is 0. The minimum Gasteiger partial charge on any atom is -0.542 e. The van der Waals surface area contributed by atoms with Gasteiger partial charge in [-0.25, -0.2) is 0 Å². The number of hydrogen-bond donors (Lipinski definition) is 0. The van der Waals surface area contributed by atoms with Crippen LogP contribution in [0.15, 0.2) is 364 Å². The van der Waals surface area contributed by atoms with Crippen LogP contribution in [-0.2, 0) is 30.0 Å². The molecule has 9 heteroatoms. The zero-order chi connectivity index (χ0) is 57.7. The molecule has 0 saturated heterocycles. The predicted octanol–water partition coefficient (Wildman–Crippen LogP) is 10.1. The summed E-state index contributed by atoms with van der Waals surface area (Å²) in [4.78, 5) is 28.8. The number of carboxylic acids is 2. The standard InChI is InChI=1S/2C38H31O2P2.Pd/c2*39-37(40)38(41(31-19-7-1-8-20-31,32-21-9-2-10-22-32)33-23-11-3-12-24-33)42(34-25-13-4-14-26-34,35-27-15-5-16-28-35)36-29-17-6-18-30-36;/h2*1-30,38H;/q2*+1;+2. The van der Waals surface area contributed by atoms with Gasteiger partial charge in [-0.2, -0.15) is 0 Å². The molecule has 12 rings (SSSR count). The summed E-state index contributed by atoms with van der Waals surface area (Å²) in [5, 5.41) is 39.2. The van der Waals surface area contributed by atoms with Crippen LogP contribution in [0, 0.1) is 0 Å². The first kappa shape index (κ1) is 60.1. The van der Waals surface area contributed by atoms with Gasteiger partial charge in [-0.1, -0.05) is 218 Å². The van der Waals surface area contributed by atoms with Crippen LogP contribution >= 0.6 is 29.0 Å². The fraction of sp³-hybridized carbons (Fsp3) is 0.0263. The van der Waals surface area contributed by atoms with Gasteiger partial charge in [-0.3, -0.25) is 0 Å². The average Bonchev–Trinajstić information content (AvgIpc) is 1.95. The summed E-state index contributed by atoms with van der Waals surface area (Å²) >= 11 is 0. The van der Waals surface area contributed by atoms with E-state index in [1.54, 1.807) is 0 Å². The molecule has 0 aromatic heterocycles. The van der Waals surface area contributed by atoms with Crippen molar-refractivity contribution in [3.8, 4) is 0 Å². The minimum atomic E-state index is -2.95. The topological polar surface area (TPSA) is 80.3 Å². The molecule has 0 aliphatic heterocycles. The van der Waals surface area contributed by atoms with Crippen molar-refractivity contribution in [1.82, 2.24) is 0 Å². The van der Waals surface area contributed by atoms with E-state index >= 15 is 0 Å². The van der Waals surface area contributed by atoms with Gasteiger partial charge in [-0.05, 0) is 146 Å². The van der Waals surface area contributed by atoms with Gasteiger partial charge in [0.2, 0.25) is 10.8 Å². The molecule has 0 spiro atoms. The third kappa shape index (κ3) is 11.3. The van der Waals surface area contributed by atoms with E-state index in [1.165, 1.54) is 0 Å². The van der Waals surface area contributed by atoms with E-state index in [0.29, 0.717) is 0 Å². The Morgan fingerprint density at radius 1 is 0.188 bits per heavy atom. The van der Waals surface area contributed by atoms with Gasteiger partial charge in [0, 0.05) is 0 Å². The average molecular weight is 1270 g/mol. The molecule has 0 atom stereocenters. The molecule has 12 aromatic carbocycles. The summed E-state index contributed by atoms with van der Waals surface area (Å²) in [5.41, 5.74) is 0. The first-order valence-electron chi connectivity index (χ1n) is 28.0. The van der Waals surface area contributed by atoms with Crippen LogP contribution < -0.4 is 73.9 Å². The summed E-state index contributed by atoms with van der Waals surface area (Å²) in [6.45, 7) is 0. The molecule has 0 unspecified atom stereocenters. The Hall–Kier alpha value is -8.04. The third-order valence-electron chi connectivity index (χ3n) is 15.9. The number of carboxylic acid groups (broad SMARTS) is 2. The molecule has 0 bridgehead atoms. The number of aliphatic carboxylic acids is 2. The van der Waals surface area contributed by atoms with Crippen molar-refractivity contribution >= 4 is 105 Å². The molecule has 0 radical (unpaired) electrons. The number of benzene rings is 12. The molecule has 0 amide bonds. The Kier molecular flexibility index (Phi) is 19.6. The number of carbonyl (C=O) groups is 2. The van der Waals surface area contributed by atoms with Gasteiger partial charge in [0.05, 0.1) is 0 Å². The maximum atomic E-state index is 14.4. The summed E-state index contributed by atoms with van der Waals surface area (Å²) in [5.74, 6) is -2.07. The molecule has 0 aliphatic carbocycles. The number of rotatable bonds is 18. The fourth-order valence-corrected chi connectivity index (χ4v) is 37.5. The molecule has 0 saturated carbocycles. The molecular weight excluding hydrogens is 1210 g/mol. The van der Waals surface area contributed by atoms with Crippen LogP contribution in [0.5, 0.6) is 0 Å². The first-order valence-corrected chi connectivity index (χ1v) is 35.5. The van der Waals surface area contributed by atoms with Crippen LogP contribution in [0.4, 0.5) is 0 Å². The van der Waals surface area contributed by atoms with E-state index in [2.05, 4.69) is 146 Å². The predicted molar refractivity (Wildman–Crippen MR) is 358 cm³/mol. The number of carbonyl (C=O) groups excluding carboxylic acids is 2. The van der Waals surface area contributed by atoms with Crippen LogP contribution in [0.25, 0.3) is 0 Å². The monoisotopic (exact) mass is 1270 g/mol. The van der Waals surface area contributed by atoms with Crippen LogP contribution in [0.3, 0.4) is 0 Å². The van der Waals surface area contributed by atoms with E-state index in [9.17, 15) is 19.8 Å². The van der Waals surface area contributed by atoms with Crippen molar-refractivity contribution < 1.29 is 40.2 Å². The van der Waals surface area contributed by atoms with E-state index < -0.39 is 51.8 Å². The van der Waals surface area contributed by atoms with Crippen molar-refractivity contribution in [3.05, 3.63) is 364 Å². The van der Waals surface area contributed by atoms with Crippen LogP contribution in [-0.4, -0.2) is 22.7 Å². The molecule has 0 N–H and O–H groups in total. The quantitative estimate of drug-likeness (QED) is 0.0634. The van der Waals surface area contributed by atoms with Gasteiger partial charge in [-0.15, -0.1) is 0 Å². The fourth-order valence-electron chi connectivity index (χ4n) is 12.6. The third-order valence-corrected chi connectivity index (χ3v) is 37.1. The Labute approximate surface area is 516 Å². The molecule has 12 aromatic rings. The Morgan fingerprint density at radius 2 is 0.271 bits per heavy atom. The van der Waals surface area contributed by atoms with Gasteiger partial charge in [0.25, 0.3) is 0 Å². The van der Waals surface area contributed by atoms with Crippen LogP contribution in [0.1, 0.15) is 0 Å². The minimum absolute atomic E-state index is 0. The molecule has 416 valence electrons. The summed E-state index contributed by atoms with van der Waals surface area (Å²) in [6, 6.07) is 123. The normalized spacial score (nSPS) is 11.6. The Morgan fingerprint density at radius 3 is 0.341 bits per heavy atom. The molecule has 85 heavy (non-hydrogen) atoms. The van der Waals surface area contributed by atoms with Crippen molar-refractivity contribution in [1.29, 1.82) is 0 Å². The number of hydrogen-bond acceptors (Lipinski definition) is 4. The van der Waals surface area contributed by atoms with Gasteiger partial charge in [0.15, 0.2) is 29.0 Å². The van der Waals surface area contributed by atoms with E-state index in [4.69, 9.17) is 0 Å². The molecule has 0 fully saturated rings. The van der Waals surface area contributed by atoms with Crippen molar-refractivity contribution in [2.45, 2.75) is 10.8 Å². The maximum absolute atomic E-state index is 14.4. The van der Waals surface area contributed by atoms with Crippen LogP contribution in [0.2, 0.25) is 0 Å². The molecule has 4 nitrogen and oxygen atoms in total. The van der Waals surface area contributed by atoms with E-state index in [-0.39, 0.29) is 20.4 Å². The maximum Gasteiger partial charge on any atom is 2.00 e.